The predicted octanol–water partition coefficient (Wildman–Crippen LogP) is 5.64. The number of thiazole rings is 1. The number of hydrogen-bond acceptors (Lipinski definition) is 7. The van der Waals surface area contributed by atoms with Crippen LogP contribution in [-0.4, -0.2) is 42.0 Å². The average molecular weight is 597 g/mol. The molecule has 0 aliphatic carbocycles. The predicted molar refractivity (Wildman–Crippen MR) is 162 cm³/mol. The highest BCUT2D eigenvalue weighted by Crippen LogP contribution is 2.32. The Morgan fingerprint density at radius 2 is 1.63 bits per heavy atom. The topological polar surface area (TPSA) is 113 Å². The van der Waals surface area contributed by atoms with Crippen molar-refractivity contribution in [2.45, 2.75) is 18.8 Å². The summed E-state index contributed by atoms with van der Waals surface area (Å²) in [4.78, 5) is 45.3. The Bertz CT molecular complexity index is 1780. The number of halogens is 1. The highest BCUT2D eigenvalue weighted by Gasteiger charge is 2.52. The molecule has 0 saturated carbocycles. The number of methoxy groups -OCH3 is 1. The molecule has 2 heterocycles. The van der Waals surface area contributed by atoms with Crippen molar-refractivity contribution in [2.75, 3.05) is 22.6 Å². The van der Waals surface area contributed by atoms with E-state index in [1.54, 1.807) is 60.7 Å². The van der Waals surface area contributed by atoms with Gasteiger partial charge in [-0.2, -0.15) is 0 Å². The number of fused-ring (bicyclic) bond motifs is 1. The molecule has 1 aliphatic heterocycles. The Kier molecular flexibility index (Phi) is 7.82. The molecule has 3 amide bonds. The van der Waals surface area contributed by atoms with Crippen LogP contribution in [0.25, 0.3) is 10.2 Å². The van der Waals surface area contributed by atoms with E-state index >= 15 is 0 Å². The van der Waals surface area contributed by atoms with Crippen molar-refractivity contribution in [2.24, 2.45) is 0 Å². The molecule has 1 aromatic heterocycles. The van der Waals surface area contributed by atoms with Gasteiger partial charge in [-0.25, -0.2) is 9.37 Å². The second kappa shape index (κ2) is 12.0. The lowest BCUT2D eigenvalue weighted by Crippen LogP contribution is -2.36. The summed E-state index contributed by atoms with van der Waals surface area (Å²) >= 11 is 1.37. The van der Waals surface area contributed by atoms with Gasteiger partial charge in [0.1, 0.15) is 11.6 Å². The second-order valence-electron chi connectivity index (χ2n) is 9.71. The molecule has 2 N–H and O–H groups in total. The first-order valence-corrected chi connectivity index (χ1v) is 14.1. The van der Waals surface area contributed by atoms with Crippen LogP contribution >= 0.6 is 11.3 Å². The van der Waals surface area contributed by atoms with E-state index in [0.29, 0.717) is 33.4 Å². The number of amides is 3. The summed E-state index contributed by atoms with van der Waals surface area (Å²) < 4.78 is 25.3. The maximum Gasteiger partial charge on any atom is 0.259 e. The summed E-state index contributed by atoms with van der Waals surface area (Å²) in [6.07, 6.45) is -2.01. The zero-order valence-corrected chi connectivity index (χ0v) is 23.6. The van der Waals surface area contributed by atoms with Crippen LogP contribution in [0, 0.1) is 5.82 Å². The quantitative estimate of drug-likeness (QED) is 0.213. The van der Waals surface area contributed by atoms with E-state index in [1.807, 2.05) is 24.3 Å². The van der Waals surface area contributed by atoms with Gasteiger partial charge in [-0.15, -0.1) is 0 Å². The standard InChI is InChI=1S/C32H25FN4O5S/c1-41-25-8-4-2-6-23(25)34-30(39)27-28(42-27)31(40)37(18-19-10-14-21(33)15-11-19)22-16-12-20(13-17-22)29(38)36-32-35-24-7-3-5-9-26(24)43-32/h2-17,27-28H,18H2,1H3,(H,34,39)(H,35,36,38)/t27-,28-/m0/s1. The molecule has 1 aliphatic rings. The zero-order chi connectivity index (χ0) is 29.9. The molecule has 0 spiro atoms. The number of carbonyl (C=O) groups excluding carboxylic acids is 3. The summed E-state index contributed by atoms with van der Waals surface area (Å²) in [6.45, 7) is 0.0943. The number of rotatable bonds is 9. The number of anilines is 3. The van der Waals surface area contributed by atoms with Gasteiger partial charge in [0, 0.05) is 11.3 Å². The summed E-state index contributed by atoms with van der Waals surface area (Å²) in [7, 11) is 1.49. The highest BCUT2D eigenvalue weighted by molar-refractivity contribution is 7.22. The lowest BCUT2D eigenvalue weighted by Gasteiger charge is -2.23. The highest BCUT2D eigenvalue weighted by atomic mass is 32.1. The number of benzene rings is 4. The van der Waals surface area contributed by atoms with Gasteiger partial charge in [0.15, 0.2) is 17.3 Å². The Balaban J connectivity index is 1.18. The SMILES string of the molecule is COc1ccccc1NC(=O)[C@H]1O[C@@H]1C(=O)N(Cc1ccc(F)cc1)c1ccc(C(=O)Nc2nc3ccccc3s2)cc1. The largest absolute Gasteiger partial charge is 0.495 e. The van der Waals surface area contributed by atoms with Gasteiger partial charge >= 0.3 is 0 Å². The van der Waals surface area contributed by atoms with Gasteiger partial charge in [-0.3, -0.25) is 19.7 Å². The molecule has 6 rings (SSSR count). The van der Waals surface area contributed by atoms with E-state index in [2.05, 4.69) is 15.6 Å². The van der Waals surface area contributed by atoms with Crippen LogP contribution in [0.4, 0.5) is 20.9 Å². The number of para-hydroxylation sites is 3. The van der Waals surface area contributed by atoms with Crippen molar-refractivity contribution in [3.05, 3.63) is 114 Å². The van der Waals surface area contributed by atoms with E-state index < -0.39 is 29.8 Å². The summed E-state index contributed by atoms with van der Waals surface area (Å²) in [5.41, 5.74) is 2.77. The number of carbonyl (C=O) groups is 3. The molecule has 0 bridgehead atoms. The van der Waals surface area contributed by atoms with Gasteiger partial charge in [0.25, 0.3) is 17.7 Å². The number of hydrogen-bond donors (Lipinski definition) is 2. The molecule has 9 nitrogen and oxygen atoms in total. The first-order chi connectivity index (χ1) is 20.9. The van der Waals surface area contributed by atoms with Crippen molar-refractivity contribution in [1.29, 1.82) is 0 Å². The Labute approximate surface area is 249 Å². The minimum atomic E-state index is -1.02. The lowest BCUT2D eigenvalue weighted by atomic mass is 10.1. The lowest BCUT2D eigenvalue weighted by molar-refractivity contribution is -0.120. The molecule has 1 fully saturated rings. The van der Waals surface area contributed by atoms with Crippen LogP contribution in [-0.2, 0) is 20.9 Å². The minimum Gasteiger partial charge on any atom is -0.495 e. The molecule has 2 atom stereocenters. The minimum absolute atomic E-state index is 0.0943. The molecule has 0 unspecified atom stereocenters. The van der Waals surface area contributed by atoms with Crippen molar-refractivity contribution in [3.8, 4) is 5.75 Å². The fraction of sp³-hybridized carbons (Fsp3) is 0.125. The molecule has 11 heteroatoms. The average Bonchev–Trinajstić information content (AvgIpc) is 3.73. The van der Waals surface area contributed by atoms with Crippen LogP contribution in [0.5, 0.6) is 5.75 Å². The number of nitrogens with one attached hydrogen (secondary N) is 2. The number of epoxide rings is 1. The molecule has 4 aromatic carbocycles. The van der Waals surface area contributed by atoms with Crippen molar-refractivity contribution < 1.29 is 28.2 Å². The maximum atomic E-state index is 13.6. The van der Waals surface area contributed by atoms with Crippen molar-refractivity contribution in [3.63, 3.8) is 0 Å². The fourth-order valence-corrected chi connectivity index (χ4v) is 5.42. The van der Waals surface area contributed by atoms with Crippen LogP contribution in [0.15, 0.2) is 97.1 Å². The van der Waals surface area contributed by atoms with Crippen LogP contribution in [0.3, 0.4) is 0 Å². The molecular formula is C32H25FN4O5S. The third kappa shape index (κ3) is 6.22. The monoisotopic (exact) mass is 596 g/mol. The summed E-state index contributed by atoms with van der Waals surface area (Å²) in [6, 6.07) is 26.8. The number of aromatic nitrogens is 1. The summed E-state index contributed by atoms with van der Waals surface area (Å²) in [5.74, 6) is -1.20. The van der Waals surface area contributed by atoms with Gasteiger partial charge in [-0.1, -0.05) is 47.7 Å². The third-order valence-corrected chi connectivity index (χ3v) is 7.79. The molecule has 43 heavy (non-hydrogen) atoms. The Morgan fingerprint density at radius 1 is 0.907 bits per heavy atom. The normalized spacial score (nSPS) is 15.5. The smallest absolute Gasteiger partial charge is 0.259 e. The van der Waals surface area contributed by atoms with E-state index in [4.69, 9.17) is 9.47 Å². The number of ether oxygens (including phenoxy) is 2. The van der Waals surface area contributed by atoms with Gasteiger partial charge < -0.3 is 19.7 Å². The van der Waals surface area contributed by atoms with Crippen LogP contribution < -0.4 is 20.3 Å². The molecule has 0 radical (unpaired) electrons. The second-order valence-corrected chi connectivity index (χ2v) is 10.7. The fourth-order valence-electron chi connectivity index (χ4n) is 4.56. The van der Waals surface area contributed by atoms with E-state index in [-0.39, 0.29) is 12.5 Å². The first-order valence-electron chi connectivity index (χ1n) is 13.3. The Morgan fingerprint density at radius 3 is 2.37 bits per heavy atom. The van der Waals surface area contributed by atoms with Gasteiger partial charge in [-0.05, 0) is 66.2 Å². The zero-order valence-electron chi connectivity index (χ0n) is 22.8. The molecular weight excluding hydrogens is 571 g/mol. The first kappa shape index (κ1) is 28.0. The molecule has 216 valence electrons. The van der Waals surface area contributed by atoms with E-state index in [0.717, 1.165) is 10.2 Å². The summed E-state index contributed by atoms with van der Waals surface area (Å²) in [5, 5.41) is 6.04. The maximum absolute atomic E-state index is 13.6. The molecule has 5 aromatic rings. The van der Waals surface area contributed by atoms with Crippen LogP contribution in [0.2, 0.25) is 0 Å². The third-order valence-electron chi connectivity index (χ3n) is 6.83. The van der Waals surface area contributed by atoms with Crippen molar-refractivity contribution in [1.82, 2.24) is 4.98 Å². The van der Waals surface area contributed by atoms with E-state index in [9.17, 15) is 18.8 Å². The Hall–Kier alpha value is -5.13. The number of nitrogens with zero attached hydrogens (tertiary/aromatic N) is 2. The van der Waals surface area contributed by atoms with Gasteiger partial charge in [0.2, 0.25) is 0 Å². The van der Waals surface area contributed by atoms with Gasteiger partial charge in [0.05, 0.1) is 29.6 Å². The van der Waals surface area contributed by atoms with E-state index in [1.165, 1.54) is 35.5 Å². The van der Waals surface area contributed by atoms with Crippen molar-refractivity contribution >= 4 is 55.8 Å². The molecule has 1 saturated heterocycles. The van der Waals surface area contributed by atoms with Crippen LogP contribution in [0.1, 0.15) is 15.9 Å².